The highest BCUT2D eigenvalue weighted by Crippen LogP contribution is 2.30. The first kappa shape index (κ1) is 23.7. The maximum Gasteiger partial charge on any atom is 0.435 e. The molecule has 0 spiro atoms. The Morgan fingerprint density at radius 1 is 1.16 bits per heavy atom. The lowest BCUT2D eigenvalue weighted by atomic mass is 9.98. The molecule has 1 atom stereocenters. The number of nitrogens with one attached hydrogen (secondary N) is 1. The van der Waals surface area contributed by atoms with Crippen LogP contribution in [0.15, 0.2) is 42.5 Å². The van der Waals surface area contributed by atoms with E-state index in [1.54, 1.807) is 0 Å². The average molecular weight is 474 g/mol. The molecule has 1 amide bonds. The minimum atomic E-state index is -4.74. The van der Waals surface area contributed by atoms with Gasteiger partial charge in [-0.2, -0.15) is 18.3 Å². The number of aliphatic hydroxyl groups is 1. The summed E-state index contributed by atoms with van der Waals surface area (Å²) in [6, 6.07) is 8.00. The van der Waals surface area contributed by atoms with E-state index in [9.17, 15) is 26.7 Å². The van der Waals surface area contributed by atoms with Crippen LogP contribution in [0.25, 0.3) is 5.69 Å². The van der Waals surface area contributed by atoms with Gasteiger partial charge in [-0.1, -0.05) is 23.7 Å². The molecule has 32 heavy (non-hydrogen) atoms. The van der Waals surface area contributed by atoms with E-state index in [-0.39, 0.29) is 28.5 Å². The standard InChI is InChI=1S/C21H17ClF5N3O2/c1-11(12-2-3-13(10-31)18(24)6-12)20(32)28-9-15-8-19(21(25,26)27)29-30(15)14-4-5-17(23)16(22)7-14/h2-8,11,31H,9-10H2,1H3,(H,28,32). The van der Waals surface area contributed by atoms with Gasteiger partial charge < -0.3 is 10.4 Å². The van der Waals surface area contributed by atoms with Crippen molar-refractivity contribution in [3.05, 3.63) is 81.6 Å². The van der Waals surface area contributed by atoms with E-state index < -0.39 is 41.9 Å². The molecule has 11 heteroatoms. The fraction of sp³-hybridized carbons (Fsp3) is 0.238. The molecule has 0 fully saturated rings. The van der Waals surface area contributed by atoms with E-state index in [0.29, 0.717) is 5.56 Å². The number of aliphatic hydroxyl groups excluding tert-OH is 1. The largest absolute Gasteiger partial charge is 0.435 e. The monoisotopic (exact) mass is 473 g/mol. The summed E-state index contributed by atoms with van der Waals surface area (Å²) in [5, 5.41) is 14.8. The van der Waals surface area contributed by atoms with Crippen LogP contribution in [-0.2, 0) is 24.1 Å². The fourth-order valence-electron chi connectivity index (χ4n) is 2.97. The Morgan fingerprint density at radius 2 is 1.88 bits per heavy atom. The van der Waals surface area contributed by atoms with Crippen LogP contribution in [0.5, 0.6) is 0 Å². The third kappa shape index (κ3) is 5.08. The zero-order valence-electron chi connectivity index (χ0n) is 16.6. The molecule has 1 heterocycles. The molecule has 1 aromatic heterocycles. The maximum atomic E-state index is 13.9. The molecule has 5 nitrogen and oxygen atoms in total. The van der Waals surface area contributed by atoms with Crippen LogP contribution < -0.4 is 5.32 Å². The quantitative estimate of drug-likeness (QED) is 0.508. The lowest BCUT2D eigenvalue weighted by Crippen LogP contribution is -2.28. The molecular weight excluding hydrogens is 457 g/mol. The van der Waals surface area contributed by atoms with Crippen molar-refractivity contribution < 1.29 is 31.9 Å². The summed E-state index contributed by atoms with van der Waals surface area (Å²) in [5.74, 6) is -2.82. The second-order valence-electron chi connectivity index (χ2n) is 6.98. The van der Waals surface area contributed by atoms with E-state index in [1.807, 2.05) is 0 Å². The maximum absolute atomic E-state index is 13.9. The molecule has 0 saturated carbocycles. The molecule has 0 aliphatic rings. The van der Waals surface area contributed by atoms with Crippen LogP contribution >= 0.6 is 11.6 Å². The van der Waals surface area contributed by atoms with E-state index in [4.69, 9.17) is 16.7 Å². The third-order valence-corrected chi connectivity index (χ3v) is 5.10. The van der Waals surface area contributed by atoms with E-state index in [2.05, 4.69) is 10.4 Å². The number of amides is 1. The van der Waals surface area contributed by atoms with Crippen molar-refractivity contribution in [2.24, 2.45) is 0 Å². The first-order valence-corrected chi connectivity index (χ1v) is 9.67. The van der Waals surface area contributed by atoms with Gasteiger partial charge in [-0.05, 0) is 42.8 Å². The first-order chi connectivity index (χ1) is 15.0. The molecule has 3 aromatic rings. The van der Waals surface area contributed by atoms with Crippen molar-refractivity contribution in [1.29, 1.82) is 0 Å². The first-order valence-electron chi connectivity index (χ1n) is 9.29. The van der Waals surface area contributed by atoms with Gasteiger partial charge in [-0.25, -0.2) is 13.5 Å². The average Bonchev–Trinajstić information content (AvgIpc) is 3.18. The SMILES string of the molecule is CC(C(=O)NCc1cc(C(F)(F)F)nn1-c1ccc(F)c(Cl)c1)c1ccc(CO)c(F)c1. The predicted octanol–water partition coefficient (Wildman–Crippen LogP) is 4.73. The van der Waals surface area contributed by atoms with Gasteiger partial charge in [0, 0.05) is 5.56 Å². The van der Waals surface area contributed by atoms with Crippen molar-refractivity contribution >= 4 is 17.5 Å². The summed E-state index contributed by atoms with van der Waals surface area (Å²) in [7, 11) is 0. The smallest absolute Gasteiger partial charge is 0.392 e. The molecule has 3 rings (SSSR count). The minimum Gasteiger partial charge on any atom is -0.392 e. The van der Waals surface area contributed by atoms with E-state index in [0.717, 1.165) is 28.9 Å². The lowest BCUT2D eigenvalue weighted by Gasteiger charge is -2.14. The number of halogens is 6. The molecule has 0 aliphatic carbocycles. The normalized spacial score (nSPS) is 12.6. The summed E-state index contributed by atoms with van der Waals surface area (Å²) in [4.78, 5) is 12.5. The Labute approximate surface area is 184 Å². The molecule has 0 radical (unpaired) electrons. The number of rotatable bonds is 6. The van der Waals surface area contributed by atoms with Gasteiger partial charge in [-0.3, -0.25) is 4.79 Å². The van der Waals surface area contributed by atoms with Gasteiger partial charge in [0.15, 0.2) is 5.69 Å². The predicted molar refractivity (Wildman–Crippen MR) is 106 cm³/mol. The number of carbonyl (C=O) groups excluding carboxylic acids is 1. The lowest BCUT2D eigenvalue weighted by molar-refractivity contribution is -0.141. The number of hydrogen-bond donors (Lipinski definition) is 2. The van der Waals surface area contributed by atoms with Crippen molar-refractivity contribution in [2.45, 2.75) is 32.2 Å². The van der Waals surface area contributed by atoms with Gasteiger partial charge in [0.1, 0.15) is 11.6 Å². The van der Waals surface area contributed by atoms with Crippen LogP contribution in [-0.4, -0.2) is 20.8 Å². The zero-order valence-corrected chi connectivity index (χ0v) is 17.3. The van der Waals surface area contributed by atoms with E-state index >= 15 is 0 Å². The Kier molecular flexibility index (Phi) is 6.85. The second kappa shape index (κ2) is 9.25. The Hall–Kier alpha value is -2.98. The summed E-state index contributed by atoms with van der Waals surface area (Å²) < 4.78 is 67.8. The van der Waals surface area contributed by atoms with Crippen molar-refractivity contribution in [3.63, 3.8) is 0 Å². The molecule has 0 bridgehead atoms. The fourth-order valence-corrected chi connectivity index (χ4v) is 3.14. The molecule has 2 aromatic carbocycles. The third-order valence-electron chi connectivity index (χ3n) is 4.81. The van der Waals surface area contributed by atoms with Gasteiger partial charge >= 0.3 is 6.18 Å². The number of hydrogen-bond acceptors (Lipinski definition) is 3. The zero-order chi connectivity index (χ0) is 23.6. The number of carbonyl (C=O) groups is 1. The number of aromatic nitrogens is 2. The highest BCUT2D eigenvalue weighted by molar-refractivity contribution is 6.30. The molecule has 0 aliphatic heterocycles. The number of benzene rings is 2. The van der Waals surface area contributed by atoms with Crippen LogP contribution in [0.3, 0.4) is 0 Å². The van der Waals surface area contributed by atoms with Crippen molar-refractivity contribution in [3.8, 4) is 5.69 Å². The molecular formula is C21H17ClF5N3O2. The topological polar surface area (TPSA) is 67.2 Å². The van der Waals surface area contributed by atoms with Crippen LogP contribution in [0, 0.1) is 11.6 Å². The van der Waals surface area contributed by atoms with Gasteiger partial charge in [0.2, 0.25) is 5.91 Å². The van der Waals surface area contributed by atoms with E-state index in [1.165, 1.54) is 25.1 Å². The number of nitrogens with zero attached hydrogens (tertiary/aromatic N) is 2. The molecule has 1 unspecified atom stereocenters. The van der Waals surface area contributed by atoms with Crippen molar-refractivity contribution in [2.75, 3.05) is 0 Å². The van der Waals surface area contributed by atoms with Gasteiger partial charge in [0.25, 0.3) is 0 Å². The number of alkyl halides is 3. The van der Waals surface area contributed by atoms with Crippen LogP contribution in [0.4, 0.5) is 22.0 Å². The summed E-state index contributed by atoms with van der Waals surface area (Å²) in [5.41, 5.74) is -0.750. The molecule has 0 saturated heterocycles. The summed E-state index contributed by atoms with van der Waals surface area (Å²) in [6.45, 7) is 0.672. The van der Waals surface area contributed by atoms with Gasteiger partial charge in [-0.15, -0.1) is 0 Å². The molecule has 170 valence electrons. The van der Waals surface area contributed by atoms with Crippen LogP contribution in [0.1, 0.15) is 35.4 Å². The highest BCUT2D eigenvalue weighted by Gasteiger charge is 2.35. The van der Waals surface area contributed by atoms with Crippen molar-refractivity contribution in [1.82, 2.24) is 15.1 Å². The van der Waals surface area contributed by atoms with Gasteiger partial charge in [0.05, 0.1) is 35.5 Å². The second-order valence-corrected chi connectivity index (χ2v) is 7.38. The Bertz CT molecular complexity index is 1150. The highest BCUT2D eigenvalue weighted by atomic mass is 35.5. The van der Waals surface area contributed by atoms with Crippen LogP contribution in [0.2, 0.25) is 5.02 Å². The summed E-state index contributed by atoms with van der Waals surface area (Å²) in [6.07, 6.45) is -4.74. The Morgan fingerprint density at radius 3 is 2.47 bits per heavy atom. The minimum absolute atomic E-state index is 0.0256. The summed E-state index contributed by atoms with van der Waals surface area (Å²) >= 11 is 5.73. The molecule has 2 N–H and O–H groups in total. The Balaban J connectivity index is 1.84.